The van der Waals surface area contributed by atoms with E-state index in [1.54, 1.807) is 12.1 Å². The molecular formula is C17H18N2O3. The molecule has 0 saturated carbocycles. The molecular weight excluding hydrogens is 280 g/mol. The third-order valence-corrected chi connectivity index (χ3v) is 3.73. The molecule has 2 aromatic rings. The van der Waals surface area contributed by atoms with Gasteiger partial charge in [0.25, 0.3) is 0 Å². The second kappa shape index (κ2) is 6.07. The van der Waals surface area contributed by atoms with Crippen molar-refractivity contribution in [2.24, 2.45) is 0 Å². The minimum Gasteiger partial charge on any atom is -0.493 e. The molecule has 0 fully saturated rings. The molecule has 1 heterocycles. The number of urea groups is 1. The molecule has 3 rings (SSSR count). The molecule has 0 spiro atoms. The molecule has 0 unspecified atom stereocenters. The van der Waals surface area contributed by atoms with E-state index >= 15 is 0 Å². The van der Waals surface area contributed by atoms with E-state index < -0.39 is 5.60 Å². The summed E-state index contributed by atoms with van der Waals surface area (Å²) < 4.78 is 5.53. The van der Waals surface area contributed by atoms with Gasteiger partial charge in [-0.25, -0.2) is 4.79 Å². The molecule has 5 heteroatoms. The van der Waals surface area contributed by atoms with Crippen LogP contribution in [0.5, 0.6) is 5.75 Å². The minimum atomic E-state index is -1.11. The number of benzene rings is 2. The summed E-state index contributed by atoms with van der Waals surface area (Å²) in [6.45, 7) is 0.557. The zero-order valence-corrected chi connectivity index (χ0v) is 12.1. The van der Waals surface area contributed by atoms with Gasteiger partial charge in [-0.15, -0.1) is 0 Å². The minimum absolute atomic E-state index is 0.131. The van der Waals surface area contributed by atoms with Gasteiger partial charge in [-0.2, -0.15) is 0 Å². The van der Waals surface area contributed by atoms with E-state index in [0.29, 0.717) is 30.0 Å². The molecule has 0 radical (unpaired) electrons. The van der Waals surface area contributed by atoms with E-state index in [-0.39, 0.29) is 12.6 Å². The number of fused-ring (bicyclic) bond motifs is 1. The molecule has 1 aliphatic heterocycles. The van der Waals surface area contributed by atoms with Crippen LogP contribution in [0.1, 0.15) is 12.0 Å². The molecule has 0 aromatic heterocycles. The lowest BCUT2D eigenvalue weighted by Crippen LogP contribution is -2.45. The van der Waals surface area contributed by atoms with Crippen LogP contribution in [0.15, 0.2) is 54.6 Å². The summed E-state index contributed by atoms with van der Waals surface area (Å²) in [4.78, 5) is 11.9. The van der Waals surface area contributed by atoms with Crippen molar-refractivity contribution in [1.82, 2.24) is 5.32 Å². The summed E-state index contributed by atoms with van der Waals surface area (Å²) in [6.07, 6.45) is 0.440. The van der Waals surface area contributed by atoms with E-state index in [4.69, 9.17) is 4.74 Å². The number of hydrogen-bond acceptors (Lipinski definition) is 3. The van der Waals surface area contributed by atoms with Crippen LogP contribution in [-0.2, 0) is 5.60 Å². The van der Waals surface area contributed by atoms with Gasteiger partial charge >= 0.3 is 6.03 Å². The fourth-order valence-electron chi connectivity index (χ4n) is 2.55. The standard InChI is InChI=1S/C17H18N2O3/c20-16(19-13-6-2-1-3-7-13)18-12-17(21)10-11-22-15-9-5-4-8-14(15)17/h1-9,21H,10-12H2,(H2,18,19,20)/t17-/m1/s1. The summed E-state index contributed by atoms with van der Waals surface area (Å²) in [6, 6.07) is 16.2. The number of para-hydroxylation sites is 2. The second-order valence-corrected chi connectivity index (χ2v) is 5.30. The molecule has 0 bridgehead atoms. The average molecular weight is 298 g/mol. The van der Waals surface area contributed by atoms with Crippen LogP contribution in [0.4, 0.5) is 10.5 Å². The monoisotopic (exact) mass is 298 g/mol. The Morgan fingerprint density at radius 3 is 2.68 bits per heavy atom. The van der Waals surface area contributed by atoms with Crippen molar-refractivity contribution in [2.75, 3.05) is 18.5 Å². The van der Waals surface area contributed by atoms with Gasteiger partial charge in [0.05, 0.1) is 13.2 Å². The third kappa shape index (κ3) is 3.04. The van der Waals surface area contributed by atoms with E-state index in [1.165, 1.54) is 0 Å². The summed E-state index contributed by atoms with van der Waals surface area (Å²) in [5.41, 5.74) is 0.309. The molecule has 2 aromatic carbocycles. The lowest BCUT2D eigenvalue weighted by Gasteiger charge is -2.34. The SMILES string of the molecule is O=C(NC[C@]1(O)CCOc2ccccc21)Nc1ccccc1. The Bertz CT molecular complexity index is 660. The summed E-state index contributed by atoms with van der Waals surface area (Å²) in [7, 11) is 0. The maximum absolute atomic E-state index is 11.9. The molecule has 5 nitrogen and oxygen atoms in total. The van der Waals surface area contributed by atoms with Gasteiger partial charge in [-0.05, 0) is 18.2 Å². The first-order valence-corrected chi connectivity index (χ1v) is 7.22. The molecule has 1 aliphatic rings. The van der Waals surface area contributed by atoms with Crippen molar-refractivity contribution in [3.8, 4) is 5.75 Å². The highest BCUT2D eigenvalue weighted by Gasteiger charge is 2.35. The maximum Gasteiger partial charge on any atom is 0.319 e. The zero-order chi connectivity index (χ0) is 15.4. The number of hydrogen-bond donors (Lipinski definition) is 3. The van der Waals surface area contributed by atoms with E-state index in [1.807, 2.05) is 42.5 Å². The van der Waals surface area contributed by atoms with Crippen molar-refractivity contribution in [3.63, 3.8) is 0 Å². The lowest BCUT2D eigenvalue weighted by molar-refractivity contribution is 0.000399. The number of amides is 2. The van der Waals surface area contributed by atoms with Gasteiger partial charge in [0.1, 0.15) is 11.4 Å². The first-order chi connectivity index (χ1) is 10.7. The summed E-state index contributed by atoms with van der Waals surface area (Å²) in [5.74, 6) is 0.668. The maximum atomic E-state index is 11.9. The number of nitrogens with one attached hydrogen (secondary N) is 2. The van der Waals surface area contributed by atoms with Crippen molar-refractivity contribution in [1.29, 1.82) is 0 Å². The number of anilines is 1. The van der Waals surface area contributed by atoms with E-state index in [2.05, 4.69) is 10.6 Å². The van der Waals surface area contributed by atoms with E-state index in [9.17, 15) is 9.90 Å². The van der Waals surface area contributed by atoms with Crippen LogP contribution >= 0.6 is 0 Å². The molecule has 22 heavy (non-hydrogen) atoms. The Balaban J connectivity index is 1.65. The summed E-state index contributed by atoms with van der Waals surface area (Å²) >= 11 is 0. The van der Waals surface area contributed by atoms with Gasteiger partial charge < -0.3 is 20.5 Å². The number of aliphatic hydroxyl groups is 1. The van der Waals surface area contributed by atoms with Crippen LogP contribution in [0.3, 0.4) is 0 Å². The number of carbonyl (C=O) groups excluding carboxylic acids is 1. The Morgan fingerprint density at radius 1 is 1.14 bits per heavy atom. The van der Waals surface area contributed by atoms with Crippen molar-refractivity contribution >= 4 is 11.7 Å². The second-order valence-electron chi connectivity index (χ2n) is 5.30. The van der Waals surface area contributed by atoms with Gasteiger partial charge in [-0.1, -0.05) is 36.4 Å². The first-order valence-electron chi connectivity index (χ1n) is 7.22. The Labute approximate surface area is 128 Å². The number of carbonyl (C=O) groups is 1. The normalized spacial score (nSPS) is 19.7. The van der Waals surface area contributed by atoms with Crippen LogP contribution in [0, 0.1) is 0 Å². The Morgan fingerprint density at radius 2 is 1.86 bits per heavy atom. The Kier molecular flexibility index (Phi) is 3.98. The van der Waals surface area contributed by atoms with Crippen LogP contribution in [-0.4, -0.2) is 24.3 Å². The zero-order valence-electron chi connectivity index (χ0n) is 12.1. The molecule has 3 N–H and O–H groups in total. The fourth-order valence-corrected chi connectivity index (χ4v) is 2.55. The van der Waals surface area contributed by atoms with Crippen LogP contribution < -0.4 is 15.4 Å². The van der Waals surface area contributed by atoms with Crippen molar-refractivity contribution in [3.05, 3.63) is 60.2 Å². The third-order valence-electron chi connectivity index (χ3n) is 3.73. The summed E-state index contributed by atoms with van der Waals surface area (Å²) in [5, 5.41) is 16.3. The smallest absolute Gasteiger partial charge is 0.319 e. The van der Waals surface area contributed by atoms with E-state index in [0.717, 1.165) is 0 Å². The molecule has 0 saturated heterocycles. The van der Waals surface area contributed by atoms with Gasteiger partial charge in [-0.3, -0.25) is 0 Å². The predicted molar refractivity (Wildman–Crippen MR) is 83.9 cm³/mol. The van der Waals surface area contributed by atoms with Gasteiger partial charge in [0.15, 0.2) is 0 Å². The highest BCUT2D eigenvalue weighted by atomic mass is 16.5. The highest BCUT2D eigenvalue weighted by molar-refractivity contribution is 5.89. The van der Waals surface area contributed by atoms with Crippen LogP contribution in [0.2, 0.25) is 0 Å². The largest absolute Gasteiger partial charge is 0.493 e. The molecule has 0 aliphatic carbocycles. The molecule has 1 atom stereocenters. The van der Waals surface area contributed by atoms with Crippen molar-refractivity contribution in [2.45, 2.75) is 12.0 Å². The molecule has 2 amide bonds. The first kappa shape index (κ1) is 14.4. The topological polar surface area (TPSA) is 70.6 Å². The number of rotatable bonds is 3. The van der Waals surface area contributed by atoms with Gasteiger partial charge in [0.2, 0.25) is 0 Å². The van der Waals surface area contributed by atoms with Crippen molar-refractivity contribution < 1.29 is 14.6 Å². The number of ether oxygens (including phenoxy) is 1. The van der Waals surface area contributed by atoms with Crippen LogP contribution in [0.25, 0.3) is 0 Å². The van der Waals surface area contributed by atoms with Gasteiger partial charge in [0, 0.05) is 17.7 Å². The Hall–Kier alpha value is -2.53. The predicted octanol–water partition coefficient (Wildman–Crippen LogP) is 2.48. The lowest BCUT2D eigenvalue weighted by atomic mass is 9.88. The molecule has 114 valence electrons. The highest BCUT2D eigenvalue weighted by Crippen LogP contribution is 2.36. The fraction of sp³-hybridized carbons (Fsp3) is 0.235. The average Bonchev–Trinajstić information content (AvgIpc) is 2.55. The quantitative estimate of drug-likeness (QED) is 0.815.